The van der Waals surface area contributed by atoms with E-state index in [0.717, 1.165) is 17.7 Å². The molecular formula is C16H13F2N5. The summed E-state index contributed by atoms with van der Waals surface area (Å²) in [5.41, 5.74) is 1.42. The highest BCUT2D eigenvalue weighted by molar-refractivity contribution is 5.58. The summed E-state index contributed by atoms with van der Waals surface area (Å²) in [4.78, 5) is 12.2. The molecule has 1 aromatic carbocycles. The minimum absolute atomic E-state index is 0.404. The summed E-state index contributed by atoms with van der Waals surface area (Å²) < 4.78 is 26.1. The van der Waals surface area contributed by atoms with Crippen molar-refractivity contribution in [1.29, 1.82) is 0 Å². The van der Waals surface area contributed by atoms with Crippen molar-refractivity contribution in [2.24, 2.45) is 0 Å². The first-order valence-electron chi connectivity index (χ1n) is 6.87. The molecule has 2 aromatic heterocycles. The molecule has 0 aliphatic heterocycles. The van der Waals surface area contributed by atoms with Crippen LogP contribution in [0.4, 0.5) is 26.1 Å². The Bertz CT molecular complexity index is 795. The van der Waals surface area contributed by atoms with Crippen molar-refractivity contribution in [3.05, 3.63) is 72.3 Å². The standard InChI is InChI=1S/C16H13F2N5/c17-13-4-3-12(6-14(13)18)23-16-7-15(21-10-22-16)20-9-11-2-1-5-19-8-11/h1-8,10H,9H2,(H2,20,21,22,23). The molecule has 3 rings (SSSR count). The van der Waals surface area contributed by atoms with Gasteiger partial charge in [0.25, 0.3) is 0 Å². The lowest BCUT2D eigenvalue weighted by Gasteiger charge is -2.09. The number of pyridine rings is 1. The van der Waals surface area contributed by atoms with E-state index in [1.54, 1.807) is 18.5 Å². The van der Waals surface area contributed by atoms with Gasteiger partial charge < -0.3 is 10.6 Å². The second-order valence-corrected chi connectivity index (χ2v) is 4.76. The number of nitrogens with one attached hydrogen (secondary N) is 2. The number of halogens is 2. The van der Waals surface area contributed by atoms with Gasteiger partial charge in [0.2, 0.25) is 0 Å². The van der Waals surface area contributed by atoms with Crippen LogP contribution in [-0.4, -0.2) is 15.0 Å². The molecule has 0 amide bonds. The van der Waals surface area contributed by atoms with E-state index in [-0.39, 0.29) is 0 Å². The van der Waals surface area contributed by atoms with Crippen molar-refractivity contribution in [1.82, 2.24) is 15.0 Å². The lowest BCUT2D eigenvalue weighted by Crippen LogP contribution is -2.03. The second-order valence-electron chi connectivity index (χ2n) is 4.76. The molecule has 3 aromatic rings. The second kappa shape index (κ2) is 6.78. The predicted octanol–water partition coefficient (Wildman–Crippen LogP) is 3.51. The van der Waals surface area contributed by atoms with Crippen LogP contribution < -0.4 is 10.6 Å². The summed E-state index contributed by atoms with van der Waals surface area (Å²) in [6.07, 6.45) is 4.85. The smallest absolute Gasteiger partial charge is 0.160 e. The maximum atomic E-state index is 13.2. The van der Waals surface area contributed by atoms with Crippen LogP contribution in [0.25, 0.3) is 0 Å². The summed E-state index contributed by atoms with van der Waals surface area (Å²) in [5, 5.41) is 6.04. The summed E-state index contributed by atoms with van der Waals surface area (Å²) in [7, 11) is 0. The fraction of sp³-hybridized carbons (Fsp3) is 0.0625. The predicted molar refractivity (Wildman–Crippen MR) is 83.2 cm³/mol. The molecule has 0 unspecified atom stereocenters. The van der Waals surface area contributed by atoms with Crippen molar-refractivity contribution in [3.8, 4) is 0 Å². The number of nitrogens with zero attached hydrogens (tertiary/aromatic N) is 3. The highest BCUT2D eigenvalue weighted by Crippen LogP contribution is 2.18. The number of anilines is 3. The van der Waals surface area contributed by atoms with Crippen LogP contribution in [0.15, 0.2) is 55.1 Å². The Kier molecular flexibility index (Phi) is 4.37. The third-order valence-electron chi connectivity index (χ3n) is 3.06. The van der Waals surface area contributed by atoms with Crippen LogP contribution in [0, 0.1) is 11.6 Å². The van der Waals surface area contributed by atoms with Gasteiger partial charge in [-0.15, -0.1) is 0 Å². The first-order valence-corrected chi connectivity index (χ1v) is 6.87. The van der Waals surface area contributed by atoms with E-state index in [4.69, 9.17) is 0 Å². The number of aromatic nitrogens is 3. The maximum absolute atomic E-state index is 13.2. The average molecular weight is 313 g/mol. The van der Waals surface area contributed by atoms with Gasteiger partial charge in [-0.1, -0.05) is 6.07 Å². The molecule has 116 valence electrons. The Hall–Kier alpha value is -3.09. The topological polar surface area (TPSA) is 62.7 Å². The Morgan fingerprint density at radius 3 is 2.61 bits per heavy atom. The molecule has 0 saturated carbocycles. The molecule has 0 aliphatic rings. The zero-order chi connectivity index (χ0) is 16.1. The van der Waals surface area contributed by atoms with E-state index in [9.17, 15) is 8.78 Å². The lowest BCUT2D eigenvalue weighted by atomic mass is 10.3. The summed E-state index contributed by atoms with van der Waals surface area (Å²) >= 11 is 0. The Morgan fingerprint density at radius 2 is 1.83 bits per heavy atom. The van der Waals surface area contributed by atoms with Crippen molar-refractivity contribution >= 4 is 17.3 Å². The monoisotopic (exact) mass is 313 g/mol. The molecule has 0 bridgehead atoms. The van der Waals surface area contributed by atoms with Crippen LogP contribution in [0.5, 0.6) is 0 Å². The Morgan fingerprint density at radius 1 is 0.957 bits per heavy atom. The molecule has 5 nitrogen and oxygen atoms in total. The molecule has 23 heavy (non-hydrogen) atoms. The quantitative estimate of drug-likeness (QED) is 0.755. The van der Waals surface area contributed by atoms with E-state index in [0.29, 0.717) is 23.9 Å². The van der Waals surface area contributed by atoms with Gasteiger partial charge in [0.15, 0.2) is 11.6 Å². The molecule has 0 spiro atoms. The van der Waals surface area contributed by atoms with E-state index in [1.807, 2.05) is 12.1 Å². The Balaban J connectivity index is 1.68. The molecular weight excluding hydrogens is 300 g/mol. The molecule has 0 aliphatic carbocycles. The van der Waals surface area contributed by atoms with Gasteiger partial charge in [-0.05, 0) is 23.8 Å². The third-order valence-corrected chi connectivity index (χ3v) is 3.06. The van der Waals surface area contributed by atoms with E-state index >= 15 is 0 Å². The van der Waals surface area contributed by atoms with Crippen molar-refractivity contribution < 1.29 is 8.78 Å². The van der Waals surface area contributed by atoms with Crippen molar-refractivity contribution in [2.75, 3.05) is 10.6 Å². The van der Waals surface area contributed by atoms with Crippen molar-refractivity contribution in [2.45, 2.75) is 6.54 Å². The summed E-state index contributed by atoms with van der Waals surface area (Å²) in [6, 6.07) is 9.04. The molecule has 0 fully saturated rings. The zero-order valence-electron chi connectivity index (χ0n) is 12.0. The molecule has 0 radical (unpaired) electrons. The summed E-state index contributed by atoms with van der Waals surface area (Å²) in [6.45, 7) is 0.565. The van der Waals surface area contributed by atoms with Crippen LogP contribution in [0.1, 0.15) is 5.56 Å². The van der Waals surface area contributed by atoms with Gasteiger partial charge in [0.1, 0.15) is 18.0 Å². The van der Waals surface area contributed by atoms with Crippen LogP contribution in [0.3, 0.4) is 0 Å². The van der Waals surface area contributed by atoms with E-state index in [2.05, 4.69) is 25.6 Å². The van der Waals surface area contributed by atoms with Gasteiger partial charge >= 0.3 is 0 Å². The first kappa shape index (κ1) is 14.8. The van der Waals surface area contributed by atoms with Crippen LogP contribution in [0.2, 0.25) is 0 Å². The van der Waals surface area contributed by atoms with E-state index in [1.165, 1.54) is 12.4 Å². The molecule has 0 atom stereocenters. The lowest BCUT2D eigenvalue weighted by molar-refractivity contribution is 0.509. The molecule has 2 N–H and O–H groups in total. The van der Waals surface area contributed by atoms with Crippen LogP contribution >= 0.6 is 0 Å². The third kappa shape index (κ3) is 3.97. The van der Waals surface area contributed by atoms with Crippen molar-refractivity contribution in [3.63, 3.8) is 0 Å². The van der Waals surface area contributed by atoms with E-state index < -0.39 is 11.6 Å². The number of rotatable bonds is 5. The molecule has 2 heterocycles. The molecule has 0 saturated heterocycles. The fourth-order valence-corrected chi connectivity index (χ4v) is 1.94. The SMILES string of the molecule is Fc1ccc(Nc2cc(NCc3cccnc3)ncn2)cc1F. The summed E-state index contributed by atoms with van der Waals surface area (Å²) in [5.74, 6) is -0.732. The zero-order valence-corrected chi connectivity index (χ0v) is 12.0. The van der Waals surface area contributed by atoms with Gasteiger partial charge in [-0.3, -0.25) is 4.98 Å². The fourth-order valence-electron chi connectivity index (χ4n) is 1.94. The number of hydrogen-bond donors (Lipinski definition) is 2. The largest absolute Gasteiger partial charge is 0.366 e. The minimum atomic E-state index is -0.918. The van der Waals surface area contributed by atoms with Gasteiger partial charge in [0, 0.05) is 36.8 Å². The first-order chi connectivity index (χ1) is 11.2. The highest BCUT2D eigenvalue weighted by Gasteiger charge is 2.04. The Labute approximate surface area is 131 Å². The normalized spacial score (nSPS) is 10.3. The van der Waals surface area contributed by atoms with Gasteiger partial charge in [-0.25, -0.2) is 18.7 Å². The van der Waals surface area contributed by atoms with Gasteiger partial charge in [0.05, 0.1) is 0 Å². The maximum Gasteiger partial charge on any atom is 0.160 e. The molecule has 7 heteroatoms. The number of hydrogen-bond acceptors (Lipinski definition) is 5. The minimum Gasteiger partial charge on any atom is -0.366 e. The van der Waals surface area contributed by atoms with Crippen LogP contribution in [-0.2, 0) is 6.54 Å². The average Bonchev–Trinajstić information content (AvgIpc) is 2.58. The number of benzene rings is 1. The highest BCUT2D eigenvalue weighted by atomic mass is 19.2. The van der Waals surface area contributed by atoms with Gasteiger partial charge in [-0.2, -0.15) is 0 Å².